The van der Waals surface area contributed by atoms with Crippen molar-refractivity contribution in [3.05, 3.63) is 12.2 Å². The van der Waals surface area contributed by atoms with Gasteiger partial charge in [-0.25, -0.2) is 0 Å². The standard InChI is InChI=1S/C22H42N2O3/c1-4-5-6-7-8-9-10-11-12-13-14-18-21(25)23-19-16-15-17-20(22(26)27)24(2)3/h4-5,20H,6-19H2,1-3H3,(H,23,25)(H,26,27)/b5-4+/t20-/m0/s1. The number of carboxylic acid groups (broad SMARTS) is 1. The summed E-state index contributed by atoms with van der Waals surface area (Å²) in [5.41, 5.74) is 0. The topological polar surface area (TPSA) is 69.6 Å². The third-order valence-corrected chi connectivity index (χ3v) is 4.90. The lowest BCUT2D eigenvalue weighted by Crippen LogP contribution is -2.35. The fourth-order valence-electron chi connectivity index (χ4n) is 3.16. The Kier molecular flexibility index (Phi) is 17.1. The van der Waals surface area contributed by atoms with Crippen LogP contribution >= 0.6 is 0 Å². The van der Waals surface area contributed by atoms with E-state index in [0.717, 1.165) is 25.7 Å². The Morgan fingerprint density at radius 1 is 0.926 bits per heavy atom. The molecule has 0 aromatic carbocycles. The molecule has 0 fully saturated rings. The lowest BCUT2D eigenvalue weighted by Gasteiger charge is -2.19. The molecule has 0 aromatic heterocycles. The maximum absolute atomic E-state index is 11.8. The highest BCUT2D eigenvalue weighted by Crippen LogP contribution is 2.11. The van der Waals surface area contributed by atoms with Crippen molar-refractivity contribution in [3.63, 3.8) is 0 Å². The first-order valence-corrected chi connectivity index (χ1v) is 10.8. The summed E-state index contributed by atoms with van der Waals surface area (Å²) in [5.74, 6) is -0.654. The molecule has 0 rings (SSSR count). The highest BCUT2D eigenvalue weighted by molar-refractivity contribution is 5.75. The van der Waals surface area contributed by atoms with Crippen LogP contribution in [0.3, 0.4) is 0 Å². The van der Waals surface area contributed by atoms with Crippen LogP contribution in [0.25, 0.3) is 0 Å². The summed E-state index contributed by atoms with van der Waals surface area (Å²) in [6, 6.07) is -0.436. The summed E-state index contributed by atoms with van der Waals surface area (Å²) in [6.45, 7) is 2.72. The third-order valence-electron chi connectivity index (χ3n) is 4.90. The molecule has 0 saturated heterocycles. The fraction of sp³-hybridized carbons (Fsp3) is 0.818. The molecule has 0 radical (unpaired) electrons. The summed E-state index contributed by atoms with van der Waals surface area (Å²) < 4.78 is 0. The molecule has 0 heterocycles. The van der Waals surface area contributed by atoms with Crippen LogP contribution < -0.4 is 5.32 Å². The predicted molar refractivity (Wildman–Crippen MR) is 113 cm³/mol. The average molecular weight is 383 g/mol. The van der Waals surface area contributed by atoms with Crippen molar-refractivity contribution >= 4 is 11.9 Å². The monoisotopic (exact) mass is 382 g/mol. The molecular weight excluding hydrogens is 340 g/mol. The van der Waals surface area contributed by atoms with E-state index in [-0.39, 0.29) is 5.91 Å². The minimum atomic E-state index is -0.780. The molecule has 0 unspecified atom stereocenters. The quantitative estimate of drug-likeness (QED) is 0.265. The Balaban J connectivity index is 3.41. The van der Waals surface area contributed by atoms with Crippen molar-refractivity contribution < 1.29 is 14.7 Å². The van der Waals surface area contributed by atoms with E-state index in [1.165, 1.54) is 44.9 Å². The number of likely N-dealkylation sites (N-methyl/N-ethyl adjacent to an activating group) is 1. The lowest BCUT2D eigenvalue weighted by atomic mass is 10.1. The van der Waals surface area contributed by atoms with Gasteiger partial charge < -0.3 is 10.4 Å². The number of rotatable bonds is 18. The molecule has 0 bridgehead atoms. The first-order chi connectivity index (χ1) is 13.0. The van der Waals surface area contributed by atoms with E-state index in [4.69, 9.17) is 5.11 Å². The molecule has 0 aliphatic heterocycles. The van der Waals surface area contributed by atoms with Gasteiger partial charge in [0.05, 0.1) is 0 Å². The molecule has 2 N–H and O–H groups in total. The van der Waals surface area contributed by atoms with Gasteiger partial charge in [-0.2, -0.15) is 0 Å². The van der Waals surface area contributed by atoms with Gasteiger partial charge in [-0.1, -0.05) is 50.7 Å². The predicted octanol–water partition coefficient (Wildman–Crippen LogP) is 4.76. The largest absolute Gasteiger partial charge is 0.480 e. The van der Waals surface area contributed by atoms with Crippen LogP contribution in [0.2, 0.25) is 0 Å². The molecule has 0 aliphatic rings. The maximum Gasteiger partial charge on any atom is 0.320 e. The Labute approximate surface area is 166 Å². The van der Waals surface area contributed by atoms with Gasteiger partial charge in [0.25, 0.3) is 0 Å². The Morgan fingerprint density at radius 3 is 2.07 bits per heavy atom. The summed E-state index contributed by atoms with van der Waals surface area (Å²) in [4.78, 5) is 24.6. The molecule has 0 spiro atoms. The first-order valence-electron chi connectivity index (χ1n) is 10.8. The number of carbonyl (C=O) groups excluding carboxylic acids is 1. The van der Waals surface area contributed by atoms with Crippen LogP contribution in [-0.2, 0) is 9.59 Å². The molecule has 1 amide bonds. The van der Waals surface area contributed by atoms with E-state index >= 15 is 0 Å². The summed E-state index contributed by atoms with van der Waals surface area (Å²) >= 11 is 0. The second kappa shape index (κ2) is 18.0. The number of carboxylic acids is 1. The molecule has 5 nitrogen and oxygen atoms in total. The molecule has 0 aromatic rings. The summed E-state index contributed by atoms with van der Waals surface area (Å²) in [7, 11) is 3.57. The minimum absolute atomic E-state index is 0.126. The van der Waals surface area contributed by atoms with Crippen LogP contribution in [0.1, 0.15) is 90.4 Å². The fourth-order valence-corrected chi connectivity index (χ4v) is 3.16. The minimum Gasteiger partial charge on any atom is -0.480 e. The van der Waals surface area contributed by atoms with E-state index in [1.54, 1.807) is 19.0 Å². The molecule has 0 saturated carbocycles. The zero-order valence-corrected chi connectivity index (χ0v) is 17.8. The molecule has 1 atom stereocenters. The van der Waals surface area contributed by atoms with E-state index < -0.39 is 12.0 Å². The van der Waals surface area contributed by atoms with Crippen LogP contribution in [0, 0.1) is 0 Å². The average Bonchev–Trinajstić information content (AvgIpc) is 2.61. The lowest BCUT2D eigenvalue weighted by molar-refractivity contribution is -0.142. The number of carbonyl (C=O) groups is 2. The summed E-state index contributed by atoms with van der Waals surface area (Å²) in [5, 5.41) is 12.1. The van der Waals surface area contributed by atoms with Gasteiger partial charge in [-0.15, -0.1) is 0 Å². The Hall–Kier alpha value is -1.36. The Bertz CT molecular complexity index is 408. The highest BCUT2D eigenvalue weighted by atomic mass is 16.4. The van der Waals surface area contributed by atoms with Crippen molar-refractivity contribution in [2.45, 2.75) is 96.4 Å². The van der Waals surface area contributed by atoms with Crippen molar-refractivity contribution in [2.75, 3.05) is 20.6 Å². The van der Waals surface area contributed by atoms with Crippen LogP contribution in [0.5, 0.6) is 0 Å². The number of nitrogens with zero attached hydrogens (tertiary/aromatic N) is 1. The van der Waals surface area contributed by atoms with Gasteiger partial charge in [0.1, 0.15) is 6.04 Å². The Morgan fingerprint density at radius 2 is 1.52 bits per heavy atom. The highest BCUT2D eigenvalue weighted by Gasteiger charge is 2.18. The number of amides is 1. The molecule has 27 heavy (non-hydrogen) atoms. The first kappa shape index (κ1) is 25.6. The van der Waals surface area contributed by atoms with E-state index in [2.05, 4.69) is 24.4 Å². The summed E-state index contributed by atoms with van der Waals surface area (Å²) in [6.07, 6.45) is 18.3. The van der Waals surface area contributed by atoms with E-state index in [0.29, 0.717) is 19.4 Å². The zero-order valence-electron chi connectivity index (χ0n) is 17.8. The maximum atomic E-state index is 11.8. The molecule has 0 aliphatic carbocycles. The van der Waals surface area contributed by atoms with Gasteiger partial charge in [0.2, 0.25) is 5.91 Å². The number of hydrogen-bond donors (Lipinski definition) is 2. The SMILES string of the molecule is C/C=C/CCCCCCCCCCC(=O)NCCCC[C@@H](C(=O)O)N(C)C. The number of unbranched alkanes of at least 4 members (excludes halogenated alkanes) is 9. The third kappa shape index (κ3) is 16.5. The van der Waals surface area contributed by atoms with E-state index in [1.807, 2.05) is 0 Å². The van der Waals surface area contributed by atoms with Crippen LogP contribution in [-0.4, -0.2) is 48.6 Å². The molecular formula is C22H42N2O3. The van der Waals surface area contributed by atoms with Crippen molar-refractivity contribution in [3.8, 4) is 0 Å². The van der Waals surface area contributed by atoms with Gasteiger partial charge in [0, 0.05) is 13.0 Å². The van der Waals surface area contributed by atoms with Gasteiger partial charge >= 0.3 is 5.97 Å². The van der Waals surface area contributed by atoms with Crippen molar-refractivity contribution in [1.82, 2.24) is 10.2 Å². The number of allylic oxidation sites excluding steroid dienone is 2. The van der Waals surface area contributed by atoms with Gasteiger partial charge in [0.15, 0.2) is 0 Å². The van der Waals surface area contributed by atoms with Crippen LogP contribution in [0.4, 0.5) is 0 Å². The van der Waals surface area contributed by atoms with Crippen molar-refractivity contribution in [2.24, 2.45) is 0 Å². The number of nitrogens with one attached hydrogen (secondary N) is 1. The smallest absolute Gasteiger partial charge is 0.320 e. The zero-order chi connectivity index (χ0) is 20.3. The van der Waals surface area contributed by atoms with Gasteiger partial charge in [-0.3, -0.25) is 14.5 Å². The van der Waals surface area contributed by atoms with E-state index in [9.17, 15) is 9.59 Å². The number of hydrogen-bond acceptors (Lipinski definition) is 3. The molecule has 158 valence electrons. The molecule has 5 heteroatoms. The second-order valence-corrected chi connectivity index (χ2v) is 7.60. The normalized spacial score (nSPS) is 12.6. The van der Waals surface area contributed by atoms with Crippen molar-refractivity contribution in [1.29, 1.82) is 0 Å². The van der Waals surface area contributed by atoms with Gasteiger partial charge in [-0.05, 0) is 59.5 Å². The van der Waals surface area contributed by atoms with Crippen LogP contribution in [0.15, 0.2) is 12.2 Å². The second-order valence-electron chi connectivity index (χ2n) is 7.60. The number of aliphatic carboxylic acids is 1.